The molecule has 0 bridgehead atoms. The smallest absolute Gasteiger partial charge is 0.272 e. The van der Waals surface area contributed by atoms with E-state index in [-0.39, 0.29) is 11.9 Å². The van der Waals surface area contributed by atoms with E-state index in [1.807, 2.05) is 17.0 Å². The third-order valence-electron chi connectivity index (χ3n) is 5.06. The Hall–Kier alpha value is -3.03. The minimum absolute atomic E-state index is 0.0631. The maximum atomic E-state index is 12.9. The van der Waals surface area contributed by atoms with Gasteiger partial charge in [-0.25, -0.2) is 0 Å². The lowest BCUT2D eigenvalue weighted by molar-refractivity contribution is 0.0673. The predicted octanol–water partition coefficient (Wildman–Crippen LogP) is 2.16. The number of carbonyl (C=O) groups is 1. The molecular weight excluding hydrogens is 330 g/mol. The van der Waals surface area contributed by atoms with Gasteiger partial charge in [0.15, 0.2) is 5.82 Å². The molecule has 2 aliphatic rings. The molecule has 1 amide bonds. The van der Waals surface area contributed by atoms with E-state index in [0.717, 1.165) is 22.9 Å². The van der Waals surface area contributed by atoms with Gasteiger partial charge >= 0.3 is 0 Å². The fraction of sp³-hybridized carbons (Fsp3) is 0.389. The van der Waals surface area contributed by atoms with E-state index in [2.05, 4.69) is 36.9 Å². The van der Waals surface area contributed by atoms with Gasteiger partial charge in [-0.05, 0) is 38.0 Å². The molecule has 4 heterocycles. The second-order valence-corrected chi connectivity index (χ2v) is 7.06. The third-order valence-corrected chi connectivity index (χ3v) is 5.06. The minimum atomic E-state index is -0.0631. The lowest BCUT2D eigenvalue weighted by Crippen LogP contribution is -2.40. The summed E-state index contributed by atoms with van der Waals surface area (Å²) in [5.41, 5.74) is 2.15. The van der Waals surface area contributed by atoms with Crippen molar-refractivity contribution < 1.29 is 4.79 Å². The van der Waals surface area contributed by atoms with Crippen molar-refractivity contribution in [2.75, 3.05) is 6.54 Å². The first-order chi connectivity index (χ1) is 12.7. The zero-order valence-electron chi connectivity index (χ0n) is 14.5. The molecule has 3 aromatic rings. The van der Waals surface area contributed by atoms with Crippen LogP contribution in [0.25, 0.3) is 11.3 Å². The van der Waals surface area contributed by atoms with Crippen LogP contribution in [-0.2, 0) is 6.54 Å². The van der Waals surface area contributed by atoms with Crippen LogP contribution in [-0.4, -0.2) is 47.3 Å². The largest absolute Gasteiger partial charge is 0.328 e. The Morgan fingerprint density at radius 2 is 2.04 bits per heavy atom. The van der Waals surface area contributed by atoms with Crippen LogP contribution in [0.4, 0.5) is 0 Å². The SMILES string of the molecule is C[C@H]1CN(C(=O)c2cc(-c3ccncc3)n[nH]2)Cc2nnc(C3CC3)n21. The van der Waals surface area contributed by atoms with Gasteiger partial charge < -0.3 is 9.47 Å². The lowest BCUT2D eigenvalue weighted by Gasteiger charge is -2.32. The van der Waals surface area contributed by atoms with Crippen LogP contribution in [0.3, 0.4) is 0 Å². The summed E-state index contributed by atoms with van der Waals surface area (Å²) in [5, 5.41) is 15.8. The Morgan fingerprint density at radius 3 is 2.81 bits per heavy atom. The van der Waals surface area contributed by atoms with E-state index in [1.165, 1.54) is 12.8 Å². The number of H-pyrrole nitrogens is 1. The van der Waals surface area contributed by atoms with Gasteiger partial charge in [-0.3, -0.25) is 14.9 Å². The molecule has 8 heteroatoms. The molecule has 132 valence electrons. The molecule has 1 atom stereocenters. The Balaban J connectivity index is 1.39. The van der Waals surface area contributed by atoms with Gasteiger partial charge in [0.05, 0.1) is 18.3 Å². The summed E-state index contributed by atoms with van der Waals surface area (Å²) < 4.78 is 2.22. The van der Waals surface area contributed by atoms with Crippen molar-refractivity contribution in [3.63, 3.8) is 0 Å². The molecule has 0 spiro atoms. The molecule has 1 saturated carbocycles. The standard InChI is InChI=1S/C18H19N7O/c1-11-9-24(10-16-22-23-17(25(11)16)13-2-3-13)18(26)15-8-14(20-21-15)12-4-6-19-7-5-12/h4-8,11,13H,2-3,9-10H2,1H3,(H,20,21)/t11-/m0/s1. The van der Waals surface area contributed by atoms with Crippen LogP contribution >= 0.6 is 0 Å². The summed E-state index contributed by atoms with van der Waals surface area (Å²) in [6, 6.07) is 5.71. The topological polar surface area (TPSA) is 92.6 Å². The van der Waals surface area contributed by atoms with Gasteiger partial charge in [0.1, 0.15) is 11.5 Å². The normalized spacial score (nSPS) is 19.4. The van der Waals surface area contributed by atoms with Gasteiger partial charge in [-0.1, -0.05) is 0 Å². The summed E-state index contributed by atoms with van der Waals surface area (Å²) in [6.07, 6.45) is 5.81. The quantitative estimate of drug-likeness (QED) is 0.782. The van der Waals surface area contributed by atoms with E-state index >= 15 is 0 Å². The van der Waals surface area contributed by atoms with Crippen LogP contribution < -0.4 is 0 Å². The van der Waals surface area contributed by atoms with Crippen LogP contribution in [0.5, 0.6) is 0 Å². The number of hydrogen-bond donors (Lipinski definition) is 1. The molecule has 8 nitrogen and oxygen atoms in total. The number of rotatable bonds is 3. The van der Waals surface area contributed by atoms with E-state index < -0.39 is 0 Å². The Kier molecular flexibility index (Phi) is 3.37. The van der Waals surface area contributed by atoms with Crippen LogP contribution in [0.1, 0.15) is 53.9 Å². The zero-order chi connectivity index (χ0) is 17.7. The fourth-order valence-electron chi connectivity index (χ4n) is 3.61. The highest BCUT2D eigenvalue weighted by Gasteiger charge is 2.35. The number of nitrogens with one attached hydrogen (secondary N) is 1. The summed E-state index contributed by atoms with van der Waals surface area (Å²) >= 11 is 0. The maximum absolute atomic E-state index is 12.9. The van der Waals surface area contributed by atoms with Crippen molar-refractivity contribution in [2.45, 2.75) is 38.3 Å². The molecule has 1 aliphatic heterocycles. The van der Waals surface area contributed by atoms with Crippen molar-refractivity contribution in [1.82, 2.24) is 34.8 Å². The van der Waals surface area contributed by atoms with Crippen molar-refractivity contribution in [3.05, 3.63) is 47.9 Å². The maximum Gasteiger partial charge on any atom is 0.272 e. The van der Waals surface area contributed by atoms with Gasteiger partial charge in [-0.15, -0.1) is 10.2 Å². The van der Waals surface area contributed by atoms with Crippen molar-refractivity contribution >= 4 is 5.91 Å². The first-order valence-electron chi connectivity index (χ1n) is 8.89. The molecular formula is C18H19N7O. The lowest BCUT2D eigenvalue weighted by atomic mass is 10.1. The van der Waals surface area contributed by atoms with Crippen molar-refractivity contribution in [1.29, 1.82) is 0 Å². The Morgan fingerprint density at radius 1 is 1.23 bits per heavy atom. The number of pyridine rings is 1. The monoisotopic (exact) mass is 349 g/mol. The number of fused-ring (bicyclic) bond motifs is 1. The molecule has 0 saturated heterocycles. The number of nitrogens with zero attached hydrogens (tertiary/aromatic N) is 6. The fourth-order valence-corrected chi connectivity index (χ4v) is 3.61. The molecule has 1 aliphatic carbocycles. The Bertz CT molecular complexity index is 957. The molecule has 0 radical (unpaired) electrons. The van der Waals surface area contributed by atoms with Gasteiger partial charge in [0.25, 0.3) is 5.91 Å². The van der Waals surface area contributed by atoms with Gasteiger partial charge in [-0.2, -0.15) is 5.10 Å². The Labute approximate surface area is 150 Å². The van der Waals surface area contributed by atoms with E-state index in [0.29, 0.717) is 24.7 Å². The molecule has 0 unspecified atom stereocenters. The highest BCUT2D eigenvalue weighted by atomic mass is 16.2. The van der Waals surface area contributed by atoms with Crippen molar-refractivity contribution in [2.24, 2.45) is 0 Å². The van der Waals surface area contributed by atoms with Gasteiger partial charge in [0.2, 0.25) is 0 Å². The van der Waals surface area contributed by atoms with Gasteiger partial charge in [0, 0.05) is 30.4 Å². The van der Waals surface area contributed by atoms with Crippen LogP contribution in [0, 0.1) is 0 Å². The van der Waals surface area contributed by atoms with Crippen LogP contribution in [0.2, 0.25) is 0 Å². The average molecular weight is 349 g/mol. The number of carbonyl (C=O) groups excluding carboxylic acids is 1. The van der Waals surface area contributed by atoms with Crippen LogP contribution in [0.15, 0.2) is 30.6 Å². The van der Waals surface area contributed by atoms with E-state index in [4.69, 9.17) is 0 Å². The summed E-state index contributed by atoms with van der Waals surface area (Å²) in [6.45, 7) is 3.24. The minimum Gasteiger partial charge on any atom is -0.328 e. The predicted molar refractivity (Wildman–Crippen MR) is 93.3 cm³/mol. The molecule has 26 heavy (non-hydrogen) atoms. The average Bonchev–Trinajstić information content (AvgIpc) is 3.22. The number of aromatic nitrogens is 6. The summed E-state index contributed by atoms with van der Waals surface area (Å²) in [4.78, 5) is 18.8. The van der Waals surface area contributed by atoms with E-state index in [1.54, 1.807) is 18.5 Å². The third kappa shape index (κ3) is 2.49. The number of amides is 1. The molecule has 1 fully saturated rings. The first-order valence-corrected chi connectivity index (χ1v) is 8.89. The molecule has 0 aromatic carbocycles. The molecule has 5 rings (SSSR count). The summed E-state index contributed by atoms with van der Waals surface area (Å²) in [7, 11) is 0. The number of hydrogen-bond acceptors (Lipinski definition) is 5. The second-order valence-electron chi connectivity index (χ2n) is 7.06. The highest BCUT2D eigenvalue weighted by molar-refractivity contribution is 5.93. The first kappa shape index (κ1) is 15.2. The molecule has 1 N–H and O–H groups in total. The van der Waals surface area contributed by atoms with Crippen molar-refractivity contribution in [3.8, 4) is 11.3 Å². The number of aromatic amines is 1. The highest BCUT2D eigenvalue weighted by Crippen LogP contribution is 2.41. The van der Waals surface area contributed by atoms with E-state index in [9.17, 15) is 4.79 Å². The second kappa shape index (κ2) is 5.76. The zero-order valence-corrected chi connectivity index (χ0v) is 14.5. The molecule has 3 aromatic heterocycles. The summed E-state index contributed by atoms with van der Waals surface area (Å²) in [5.74, 6) is 2.44.